The van der Waals surface area contributed by atoms with Crippen LogP contribution in [0.4, 0.5) is 10.1 Å². The number of halogens is 1. The van der Waals surface area contributed by atoms with Crippen molar-refractivity contribution < 1.29 is 18.7 Å². The molecule has 1 aliphatic carbocycles. The molecule has 2 aliphatic rings. The Hall–Kier alpha value is -2.93. The lowest BCUT2D eigenvalue weighted by molar-refractivity contribution is -0.140. The van der Waals surface area contributed by atoms with Crippen molar-refractivity contribution >= 4 is 17.5 Å². The molecule has 6 nitrogen and oxygen atoms in total. The average Bonchev–Trinajstić information content (AvgIpc) is 3.38. The second-order valence-electron chi connectivity index (χ2n) is 9.87. The first-order valence-corrected chi connectivity index (χ1v) is 12.6. The van der Waals surface area contributed by atoms with E-state index in [9.17, 15) is 14.0 Å². The highest BCUT2D eigenvalue weighted by atomic mass is 19.1. The minimum atomic E-state index is -0.273. The van der Waals surface area contributed by atoms with Gasteiger partial charge in [0.2, 0.25) is 11.8 Å². The number of piperazine rings is 1. The summed E-state index contributed by atoms with van der Waals surface area (Å²) in [7, 11) is 1.59. The minimum Gasteiger partial charge on any atom is -0.497 e. The van der Waals surface area contributed by atoms with Crippen LogP contribution in [0.1, 0.15) is 49.3 Å². The lowest BCUT2D eigenvalue weighted by Crippen LogP contribution is -2.54. The molecule has 2 aromatic rings. The average molecular weight is 482 g/mol. The molecule has 188 valence electrons. The van der Waals surface area contributed by atoms with Crippen molar-refractivity contribution in [2.45, 2.75) is 58.5 Å². The molecule has 35 heavy (non-hydrogen) atoms. The fourth-order valence-electron chi connectivity index (χ4n) is 5.35. The summed E-state index contributed by atoms with van der Waals surface area (Å²) in [5.41, 5.74) is 2.80. The molecule has 0 radical (unpaired) electrons. The highest BCUT2D eigenvalue weighted by Gasteiger charge is 2.33. The number of anilines is 1. The Morgan fingerprint density at radius 1 is 1.14 bits per heavy atom. The molecule has 1 atom stereocenters. The van der Waals surface area contributed by atoms with E-state index in [0.29, 0.717) is 43.2 Å². The van der Waals surface area contributed by atoms with Crippen molar-refractivity contribution in [2.24, 2.45) is 5.92 Å². The zero-order chi connectivity index (χ0) is 24.9. The number of carbonyl (C=O) groups is 2. The number of hydrogen-bond acceptors (Lipinski definition) is 4. The Bertz CT molecular complexity index is 1070. The lowest BCUT2D eigenvalue weighted by atomic mass is 10.0. The predicted molar refractivity (Wildman–Crippen MR) is 135 cm³/mol. The fourth-order valence-corrected chi connectivity index (χ4v) is 5.35. The summed E-state index contributed by atoms with van der Waals surface area (Å²) in [4.78, 5) is 29.8. The van der Waals surface area contributed by atoms with Gasteiger partial charge in [-0.25, -0.2) is 4.39 Å². The molecule has 0 aromatic heterocycles. The van der Waals surface area contributed by atoms with E-state index >= 15 is 0 Å². The summed E-state index contributed by atoms with van der Waals surface area (Å²) < 4.78 is 20.1. The van der Waals surface area contributed by atoms with E-state index in [-0.39, 0.29) is 36.0 Å². The summed E-state index contributed by atoms with van der Waals surface area (Å²) >= 11 is 0. The predicted octanol–water partition coefficient (Wildman–Crippen LogP) is 4.55. The zero-order valence-electron chi connectivity index (χ0n) is 21.0. The van der Waals surface area contributed by atoms with Crippen molar-refractivity contribution in [1.29, 1.82) is 0 Å². The first-order valence-electron chi connectivity index (χ1n) is 12.6. The Morgan fingerprint density at radius 3 is 2.63 bits per heavy atom. The van der Waals surface area contributed by atoms with Gasteiger partial charge >= 0.3 is 0 Å². The van der Waals surface area contributed by atoms with Crippen LogP contribution in [0.3, 0.4) is 0 Å². The highest BCUT2D eigenvalue weighted by Crippen LogP contribution is 2.29. The van der Waals surface area contributed by atoms with E-state index < -0.39 is 0 Å². The number of rotatable bonds is 7. The van der Waals surface area contributed by atoms with Crippen molar-refractivity contribution in [3.8, 4) is 5.75 Å². The van der Waals surface area contributed by atoms with Crippen LogP contribution >= 0.6 is 0 Å². The van der Waals surface area contributed by atoms with Crippen molar-refractivity contribution in [3.05, 3.63) is 58.9 Å². The summed E-state index contributed by atoms with van der Waals surface area (Å²) in [5, 5.41) is 2.95. The fraction of sp³-hybridized carbons (Fsp3) is 0.500. The molecule has 1 saturated heterocycles. The third-order valence-corrected chi connectivity index (χ3v) is 7.40. The van der Waals surface area contributed by atoms with Crippen LogP contribution < -0.4 is 10.1 Å². The Balaban J connectivity index is 1.39. The molecule has 0 spiro atoms. The highest BCUT2D eigenvalue weighted by molar-refractivity contribution is 5.93. The molecule has 1 N–H and O–H groups in total. The maximum Gasteiger partial charge on any atom is 0.228 e. The number of carbonyl (C=O) groups excluding carboxylic acids is 2. The summed E-state index contributed by atoms with van der Waals surface area (Å²) in [6, 6.07) is 10.6. The number of hydrogen-bond donors (Lipinski definition) is 1. The topological polar surface area (TPSA) is 61.9 Å². The van der Waals surface area contributed by atoms with Crippen LogP contribution in [0.25, 0.3) is 0 Å². The van der Waals surface area contributed by atoms with Crippen LogP contribution in [0.2, 0.25) is 0 Å². The molecule has 4 rings (SSSR count). The number of nitrogens with zero attached hydrogens (tertiary/aromatic N) is 2. The summed E-state index contributed by atoms with van der Waals surface area (Å²) in [6.45, 7) is 6.49. The Labute approximate surface area is 207 Å². The largest absolute Gasteiger partial charge is 0.497 e. The van der Waals surface area contributed by atoms with Crippen molar-refractivity contribution in [2.75, 3.05) is 32.1 Å². The molecule has 7 heteroatoms. The van der Waals surface area contributed by atoms with Gasteiger partial charge in [0.1, 0.15) is 11.6 Å². The number of benzene rings is 2. The second-order valence-corrected chi connectivity index (χ2v) is 9.87. The lowest BCUT2D eigenvalue weighted by Gasteiger charge is -2.41. The molecule has 0 bridgehead atoms. The van der Waals surface area contributed by atoms with Crippen molar-refractivity contribution in [3.63, 3.8) is 0 Å². The molecule has 0 unspecified atom stereocenters. The smallest absolute Gasteiger partial charge is 0.228 e. The first-order chi connectivity index (χ1) is 16.9. The third-order valence-electron chi connectivity index (χ3n) is 7.40. The number of amides is 2. The third kappa shape index (κ3) is 6.01. The molecular weight excluding hydrogens is 445 g/mol. The summed E-state index contributed by atoms with van der Waals surface area (Å²) in [5.74, 6) is 0.741. The minimum absolute atomic E-state index is 0.103. The molecule has 2 fully saturated rings. The molecular formula is C28H36FN3O3. The van der Waals surface area contributed by atoms with Gasteiger partial charge in [-0.05, 0) is 62.1 Å². The van der Waals surface area contributed by atoms with Crippen LogP contribution in [0.15, 0.2) is 36.4 Å². The van der Waals surface area contributed by atoms with Gasteiger partial charge in [0.15, 0.2) is 0 Å². The second kappa shape index (κ2) is 11.2. The molecule has 1 heterocycles. The Morgan fingerprint density at radius 2 is 1.91 bits per heavy atom. The normalized spacial score (nSPS) is 19.1. The molecule has 1 aliphatic heterocycles. The van der Waals surface area contributed by atoms with Crippen molar-refractivity contribution in [1.82, 2.24) is 9.80 Å². The number of ether oxygens (including phenoxy) is 1. The van der Waals surface area contributed by atoms with Crippen LogP contribution in [0.5, 0.6) is 5.75 Å². The maximum atomic E-state index is 14.8. The van der Waals surface area contributed by atoms with E-state index in [1.807, 2.05) is 36.1 Å². The van der Waals surface area contributed by atoms with Gasteiger partial charge < -0.3 is 15.0 Å². The van der Waals surface area contributed by atoms with E-state index in [1.165, 1.54) is 6.07 Å². The van der Waals surface area contributed by atoms with Gasteiger partial charge in [-0.15, -0.1) is 0 Å². The Kier molecular flexibility index (Phi) is 8.06. The van der Waals surface area contributed by atoms with Crippen LogP contribution in [-0.2, 0) is 22.6 Å². The van der Waals surface area contributed by atoms with Gasteiger partial charge in [0.25, 0.3) is 0 Å². The van der Waals surface area contributed by atoms with Gasteiger partial charge in [0.05, 0.1) is 13.5 Å². The molecule has 2 aromatic carbocycles. The van der Waals surface area contributed by atoms with E-state index in [1.54, 1.807) is 13.2 Å². The quantitative estimate of drug-likeness (QED) is 0.631. The van der Waals surface area contributed by atoms with Gasteiger partial charge in [0, 0.05) is 49.4 Å². The molecule has 2 amide bonds. The first kappa shape index (κ1) is 25.2. The molecule has 1 saturated carbocycles. The van der Waals surface area contributed by atoms with Gasteiger partial charge in [-0.2, -0.15) is 0 Å². The van der Waals surface area contributed by atoms with E-state index in [0.717, 1.165) is 36.8 Å². The van der Waals surface area contributed by atoms with Crippen LogP contribution in [0, 0.1) is 18.7 Å². The SMILES string of the molecule is COc1cccc(CC(=O)Nc2ccc(F)c(CN3CCN(C(=O)C4CCCC4)[C@@H](C)C3)c2C)c1. The monoisotopic (exact) mass is 481 g/mol. The number of nitrogens with one attached hydrogen (secondary N) is 1. The van der Waals surface area contributed by atoms with Gasteiger partial charge in [-0.3, -0.25) is 14.5 Å². The van der Waals surface area contributed by atoms with Gasteiger partial charge in [-0.1, -0.05) is 25.0 Å². The number of methoxy groups -OCH3 is 1. The maximum absolute atomic E-state index is 14.8. The van der Waals surface area contributed by atoms with Crippen LogP contribution in [-0.4, -0.2) is 54.4 Å². The van der Waals surface area contributed by atoms with E-state index in [2.05, 4.69) is 17.1 Å². The standard InChI is InChI=1S/C28H36FN3O3/c1-19-17-31(13-14-32(19)28(34)22-8-4-5-9-22)18-24-20(2)26(12-11-25(24)29)30-27(33)16-21-7-6-10-23(15-21)35-3/h6-7,10-12,15,19,22H,4-5,8-9,13-14,16-18H2,1-3H3,(H,30,33)/t19-/m0/s1. The summed E-state index contributed by atoms with van der Waals surface area (Å²) in [6.07, 6.45) is 4.52. The zero-order valence-corrected chi connectivity index (χ0v) is 21.0. The van der Waals surface area contributed by atoms with E-state index in [4.69, 9.17) is 4.74 Å².